The summed E-state index contributed by atoms with van der Waals surface area (Å²) in [4.78, 5) is 12.0. The van der Waals surface area contributed by atoms with Gasteiger partial charge in [-0.1, -0.05) is 0 Å². The molecule has 2 rings (SSSR count). The van der Waals surface area contributed by atoms with Gasteiger partial charge >= 0.3 is 6.09 Å². The molecule has 6 heteroatoms. The fourth-order valence-electron chi connectivity index (χ4n) is 1.16. The number of primary amides is 1. The molecule has 0 radical (unpaired) electrons. The van der Waals surface area contributed by atoms with Gasteiger partial charge in [0.25, 0.3) is 0 Å². The lowest BCUT2D eigenvalue weighted by Crippen LogP contribution is -2.14. The van der Waals surface area contributed by atoms with Crippen molar-refractivity contribution in [3.63, 3.8) is 0 Å². The van der Waals surface area contributed by atoms with Crippen molar-refractivity contribution in [3.8, 4) is 0 Å². The molecule has 0 aromatic carbocycles. The van der Waals surface area contributed by atoms with Crippen molar-refractivity contribution in [2.24, 2.45) is 5.73 Å². The highest BCUT2D eigenvalue weighted by molar-refractivity contribution is 5.64. The van der Waals surface area contributed by atoms with Crippen LogP contribution >= 0.6 is 0 Å². The van der Waals surface area contributed by atoms with Gasteiger partial charge in [-0.05, 0) is 12.8 Å². The lowest BCUT2D eigenvalue weighted by Gasteiger charge is -1.97. The second-order valence-corrected chi connectivity index (χ2v) is 3.30. The zero-order valence-electron chi connectivity index (χ0n) is 7.72. The third kappa shape index (κ3) is 2.21. The molecule has 1 amide bonds. The summed E-state index contributed by atoms with van der Waals surface area (Å²) in [6.45, 7) is 0.263. The van der Waals surface area contributed by atoms with Gasteiger partial charge in [-0.2, -0.15) is 15.0 Å². The number of nitrogens with zero attached hydrogens (tertiary/aromatic N) is 3. The first kappa shape index (κ1) is 8.98. The lowest BCUT2D eigenvalue weighted by molar-refractivity contribution is 0.158. The molecule has 0 unspecified atom stereocenters. The largest absolute Gasteiger partial charge is 0.449 e. The van der Waals surface area contributed by atoms with E-state index in [0.717, 1.165) is 18.5 Å². The first-order valence-electron chi connectivity index (χ1n) is 4.58. The van der Waals surface area contributed by atoms with Crippen LogP contribution in [0.5, 0.6) is 0 Å². The second-order valence-electron chi connectivity index (χ2n) is 3.30. The van der Waals surface area contributed by atoms with E-state index in [1.807, 2.05) is 0 Å². The van der Waals surface area contributed by atoms with Crippen molar-refractivity contribution in [3.05, 3.63) is 11.9 Å². The molecule has 0 atom stereocenters. The van der Waals surface area contributed by atoms with Crippen LogP contribution in [0.3, 0.4) is 0 Å². The normalized spacial score (nSPS) is 15.4. The number of carbonyl (C=O) groups excluding carboxylic acids is 1. The van der Waals surface area contributed by atoms with E-state index in [1.54, 1.807) is 11.0 Å². The van der Waals surface area contributed by atoms with Crippen molar-refractivity contribution in [1.29, 1.82) is 0 Å². The van der Waals surface area contributed by atoms with E-state index in [9.17, 15) is 4.79 Å². The Labute approximate surface area is 81.0 Å². The van der Waals surface area contributed by atoms with Crippen molar-refractivity contribution >= 4 is 6.09 Å². The number of hydrogen-bond acceptors (Lipinski definition) is 4. The van der Waals surface area contributed by atoms with Gasteiger partial charge in [0.05, 0.1) is 24.5 Å². The van der Waals surface area contributed by atoms with E-state index in [4.69, 9.17) is 5.73 Å². The number of nitrogens with two attached hydrogens (primary N) is 1. The molecule has 1 aromatic heterocycles. The van der Waals surface area contributed by atoms with Crippen LogP contribution < -0.4 is 5.73 Å². The molecule has 1 aromatic rings. The second kappa shape index (κ2) is 3.65. The van der Waals surface area contributed by atoms with E-state index in [-0.39, 0.29) is 6.61 Å². The Bertz CT molecular complexity index is 332. The van der Waals surface area contributed by atoms with E-state index < -0.39 is 6.09 Å². The Morgan fingerprint density at radius 1 is 1.71 bits per heavy atom. The SMILES string of the molecule is NC(=O)OCCc1cnn(C2CC2)n1. The highest BCUT2D eigenvalue weighted by Gasteiger charge is 2.25. The minimum atomic E-state index is -0.750. The molecule has 1 fully saturated rings. The number of amides is 1. The molecule has 76 valence electrons. The van der Waals surface area contributed by atoms with E-state index in [1.165, 1.54) is 0 Å². The summed E-state index contributed by atoms with van der Waals surface area (Å²) in [5.41, 5.74) is 5.65. The average molecular weight is 196 g/mol. The topological polar surface area (TPSA) is 83.0 Å². The van der Waals surface area contributed by atoms with Crippen LogP contribution in [0.25, 0.3) is 0 Å². The fourth-order valence-corrected chi connectivity index (χ4v) is 1.16. The van der Waals surface area contributed by atoms with Crippen LogP contribution in [0.1, 0.15) is 24.6 Å². The maximum Gasteiger partial charge on any atom is 0.404 e. The molecule has 1 saturated carbocycles. The summed E-state index contributed by atoms with van der Waals surface area (Å²) in [6.07, 6.45) is 3.83. The van der Waals surface area contributed by atoms with Crippen molar-refractivity contribution in [1.82, 2.24) is 15.0 Å². The van der Waals surface area contributed by atoms with Gasteiger partial charge in [0.1, 0.15) is 0 Å². The standard InChI is InChI=1S/C8H12N4O2/c9-8(13)14-4-3-6-5-10-12(11-6)7-1-2-7/h5,7H,1-4H2,(H2,9,13). The van der Waals surface area contributed by atoms with Gasteiger partial charge in [-0.15, -0.1) is 0 Å². The summed E-state index contributed by atoms with van der Waals surface area (Å²) < 4.78 is 4.59. The van der Waals surface area contributed by atoms with Gasteiger partial charge in [-0.25, -0.2) is 4.79 Å². The number of hydrogen-bond donors (Lipinski definition) is 1. The Kier molecular flexibility index (Phi) is 2.34. The molecule has 1 aliphatic carbocycles. The maximum atomic E-state index is 10.3. The highest BCUT2D eigenvalue weighted by Crippen LogP contribution is 2.32. The van der Waals surface area contributed by atoms with Gasteiger partial charge in [0, 0.05) is 6.42 Å². The Balaban J connectivity index is 1.80. The van der Waals surface area contributed by atoms with Gasteiger partial charge in [0.2, 0.25) is 0 Å². The van der Waals surface area contributed by atoms with Crippen molar-refractivity contribution < 1.29 is 9.53 Å². The third-order valence-electron chi connectivity index (χ3n) is 2.03. The summed E-state index contributed by atoms with van der Waals surface area (Å²) in [5.74, 6) is 0. The summed E-state index contributed by atoms with van der Waals surface area (Å²) in [6, 6.07) is 0.487. The highest BCUT2D eigenvalue weighted by atomic mass is 16.5. The van der Waals surface area contributed by atoms with Crippen LogP contribution in [-0.4, -0.2) is 27.7 Å². The molecule has 14 heavy (non-hydrogen) atoms. The van der Waals surface area contributed by atoms with Crippen molar-refractivity contribution in [2.75, 3.05) is 6.61 Å². The van der Waals surface area contributed by atoms with Crippen LogP contribution in [0.4, 0.5) is 4.79 Å². The molecular formula is C8H12N4O2. The van der Waals surface area contributed by atoms with Gasteiger partial charge in [0.15, 0.2) is 0 Å². The minimum absolute atomic E-state index is 0.263. The quantitative estimate of drug-likeness (QED) is 0.748. The molecule has 0 saturated heterocycles. The van der Waals surface area contributed by atoms with E-state index in [0.29, 0.717) is 12.5 Å². The average Bonchev–Trinajstić information content (AvgIpc) is 2.87. The Hall–Kier alpha value is -1.59. The third-order valence-corrected chi connectivity index (χ3v) is 2.03. The monoisotopic (exact) mass is 196 g/mol. The summed E-state index contributed by atoms with van der Waals surface area (Å²) >= 11 is 0. The zero-order valence-corrected chi connectivity index (χ0v) is 7.72. The molecule has 1 aliphatic rings. The molecule has 1 heterocycles. The smallest absolute Gasteiger partial charge is 0.404 e. The molecular weight excluding hydrogens is 184 g/mol. The number of ether oxygens (including phenoxy) is 1. The number of rotatable bonds is 4. The lowest BCUT2D eigenvalue weighted by atomic mass is 10.4. The van der Waals surface area contributed by atoms with E-state index >= 15 is 0 Å². The van der Waals surface area contributed by atoms with Crippen molar-refractivity contribution in [2.45, 2.75) is 25.3 Å². The Morgan fingerprint density at radius 3 is 3.14 bits per heavy atom. The maximum absolute atomic E-state index is 10.3. The predicted molar refractivity (Wildman–Crippen MR) is 47.5 cm³/mol. The number of carbonyl (C=O) groups is 1. The summed E-state index contributed by atoms with van der Waals surface area (Å²) in [5, 5.41) is 8.35. The molecule has 0 aliphatic heterocycles. The first-order valence-corrected chi connectivity index (χ1v) is 4.58. The van der Waals surface area contributed by atoms with Crippen LogP contribution in [0.15, 0.2) is 6.20 Å². The molecule has 0 spiro atoms. The van der Waals surface area contributed by atoms with Gasteiger partial charge < -0.3 is 10.5 Å². The number of aromatic nitrogens is 3. The first-order chi connectivity index (χ1) is 6.75. The molecule has 2 N–H and O–H groups in total. The van der Waals surface area contributed by atoms with E-state index in [2.05, 4.69) is 14.9 Å². The Morgan fingerprint density at radius 2 is 2.50 bits per heavy atom. The summed E-state index contributed by atoms with van der Waals surface area (Å²) in [7, 11) is 0. The fraction of sp³-hybridized carbons (Fsp3) is 0.625. The molecule has 0 bridgehead atoms. The minimum Gasteiger partial charge on any atom is -0.449 e. The predicted octanol–water partition coefficient (Wildman–Crippen LogP) is 0.251. The van der Waals surface area contributed by atoms with Crippen LogP contribution in [-0.2, 0) is 11.2 Å². The zero-order chi connectivity index (χ0) is 9.97. The van der Waals surface area contributed by atoms with Gasteiger partial charge in [-0.3, -0.25) is 0 Å². The van der Waals surface area contributed by atoms with Crippen LogP contribution in [0.2, 0.25) is 0 Å². The molecule has 6 nitrogen and oxygen atoms in total. The van der Waals surface area contributed by atoms with Crippen LogP contribution in [0, 0.1) is 0 Å².